The number of hydrogen-bond donors (Lipinski definition) is 1. The number of hydrogen-bond acceptors (Lipinski definition) is 5. The zero-order valence-corrected chi connectivity index (χ0v) is 14.2. The molecule has 0 aliphatic carbocycles. The second-order valence-electron chi connectivity index (χ2n) is 4.89. The number of nitrogens with one attached hydrogen (secondary N) is 1. The van der Waals surface area contributed by atoms with Crippen molar-refractivity contribution in [2.75, 3.05) is 5.32 Å². The molecule has 1 N–H and O–H groups in total. The molecule has 2 aromatic heterocycles. The van der Waals surface area contributed by atoms with Crippen molar-refractivity contribution in [2.24, 2.45) is 0 Å². The van der Waals surface area contributed by atoms with E-state index in [9.17, 15) is 0 Å². The van der Waals surface area contributed by atoms with Gasteiger partial charge in [-0.25, -0.2) is 9.97 Å². The number of rotatable bonds is 2. The number of benzene rings is 2. The van der Waals surface area contributed by atoms with E-state index in [1.165, 1.54) is 17.7 Å². The van der Waals surface area contributed by atoms with Gasteiger partial charge in [0.15, 0.2) is 5.52 Å². The first kappa shape index (κ1) is 15.1. The maximum absolute atomic E-state index is 7.16. The third-order valence-electron chi connectivity index (χ3n) is 3.42. The van der Waals surface area contributed by atoms with Crippen molar-refractivity contribution in [3.8, 4) is 0 Å². The molecule has 0 atom stereocenters. The van der Waals surface area contributed by atoms with Gasteiger partial charge in [-0.05, 0) is 30.3 Å². The maximum Gasteiger partial charge on any atom is 0.330 e. The van der Waals surface area contributed by atoms with Crippen molar-refractivity contribution < 1.29 is 0 Å². The van der Waals surface area contributed by atoms with Crippen LogP contribution in [0.15, 0.2) is 36.7 Å². The van der Waals surface area contributed by atoms with Gasteiger partial charge in [0.1, 0.15) is 12.1 Å². The Hall–Kier alpha value is -2.46. The number of halogens is 2. The summed E-state index contributed by atoms with van der Waals surface area (Å²) in [4.78, 5) is 16.3. The third-order valence-corrected chi connectivity index (χ3v) is 4.96. The molecule has 0 bridgehead atoms. The van der Waals surface area contributed by atoms with Gasteiger partial charge < -0.3 is 10.2 Å². The zero-order valence-electron chi connectivity index (χ0n) is 11.9. The Labute approximate surface area is 150 Å². The third kappa shape index (κ3) is 2.53. The lowest BCUT2D eigenvalue weighted by Crippen LogP contribution is -1.96. The van der Waals surface area contributed by atoms with Gasteiger partial charge in [-0.3, -0.25) is 0 Å². The highest BCUT2D eigenvalue weighted by Gasteiger charge is 2.15. The molecule has 0 saturated heterocycles. The van der Waals surface area contributed by atoms with Gasteiger partial charge in [-0.1, -0.05) is 29.8 Å². The minimum absolute atomic E-state index is 0.386. The molecular weight excluding hydrogens is 365 g/mol. The lowest BCUT2D eigenvalue weighted by Gasteiger charge is -2.10. The summed E-state index contributed by atoms with van der Waals surface area (Å²) in [5.74, 6) is 0.606. The molecule has 24 heavy (non-hydrogen) atoms. The first-order valence-corrected chi connectivity index (χ1v) is 8.37. The predicted octanol–water partition coefficient (Wildman–Crippen LogP) is 5.84. The molecule has 4 rings (SSSR count). The van der Waals surface area contributed by atoms with Gasteiger partial charge in [0.25, 0.3) is 0 Å². The summed E-state index contributed by atoms with van der Waals surface area (Å²) in [5.41, 5.74) is 2.21. The van der Waals surface area contributed by atoms with Crippen LogP contribution in [0.4, 0.5) is 16.6 Å². The highest BCUT2D eigenvalue weighted by molar-refractivity contribution is 7.23. The smallest absolute Gasteiger partial charge is 0.330 e. The van der Waals surface area contributed by atoms with E-state index in [-0.39, 0.29) is 0 Å². The summed E-state index contributed by atoms with van der Waals surface area (Å²) in [6, 6.07) is 8.92. The van der Waals surface area contributed by atoms with E-state index >= 15 is 0 Å². The van der Waals surface area contributed by atoms with Gasteiger partial charge >= 0.3 is 5.13 Å². The van der Waals surface area contributed by atoms with Crippen LogP contribution >= 0.6 is 34.5 Å². The van der Waals surface area contributed by atoms with Crippen molar-refractivity contribution in [2.45, 2.75) is 0 Å². The van der Waals surface area contributed by atoms with E-state index < -0.39 is 0 Å². The number of fused-ring (bicyclic) bond motifs is 3. The maximum atomic E-state index is 7.16. The molecule has 0 fully saturated rings. The monoisotopic (exact) mass is 371 g/mol. The van der Waals surface area contributed by atoms with Gasteiger partial charge in [-0.15, -0.1) is 16.3 Å². The standard InChI is InChI=1S/C16H7Cl2N5S/c1-19-16-23-12-5-4-11-13(14(12)24-16)15(21-7-20-11)22-10-3-2-8(17)6-9(10)18/h2-7H,(H,20,21,22). The SMILES string of the molecule is [C-]#[N+]c1nc2ccc3ncnc(Nc4ccc(Cl)cc4Cl)c3c2s1. The number of aromatic nitrogens is 3. The van der Waals surface area contributed by atoms with Gasteiger partial charge in [0.2, 0.25) is 0 Å². The second-order valence-corrected chi connectivity index (χ2v) is 6.71. The molecule has 0 spiro atoms. The molecule has 0 aliphatic heterocycles. The van der Waals surface area contributed by atoms with E-state index in [4.69, 9.17) is 29.8 Å². The minimum atomic E-state index is 0.386. The zero-order chi connectivity index (χ0) is 16.7. The van der Waals surface area contributed by atoms with E-state index in [1.54, 1.807) is 18.2 Å². The van der Waals surface area contributed by atoms with Crippen molar-refractivity contribution >= 4 is 72.3 Å². The predicted molar refractivity (Wildman–Crippen MR) is 98.7 cm³/mol. The molecule has 8 heteroatoms. The Morgan fingerprint density at radius 3 is 2.71 bits per heavy atom. The molecule has 5 nitrogen and oxygen atoms in total. The van der Waals surface area contributed by atoms with Gasteiger partial charge in [-0.2, -0.15) is 0 Å². The Kier molecular flexibility index (Phi) is 3.69. The van der Waals surface area contributed by atoms with E-state index in [0.717, 1.165) is 21.1 Å². The first-order valence-electron chi connectivity index (χ1n) is 6.79. The van der Waals surface area contributed by atoms with Gasteiger partial charge in [0.05, 0.1) is 26.3 Å². The Bertz CT molecular complexity index is 1130. The van der Waals surface area contributed by atoms with Crippen LogP contribution < -0.4 is 5.32 Å². The summed E-state index contributed by atoms with van der Waals surface area (Å²) < 4.78 is 0.867. The van der Waals surface area contributed by atoms with E-state index in [0.29, 0.717) is 26.7 Å². The average molecular weight is 372 g/mol. The molecule has 0 saturated carbocycles. The van der Waals surface area contributed by atoms with Crippen molar-refractivity contribution in [1.82, 2.24) is 15.0 Å². The van der Waals surface area contributed by atoms with Gasteiger partial charge in [0, 0.05) is 5.02 Å². The van der Waals surface area contributed by atoms with Crippen LogP contribution in [0.25, 0.3) is 26.0 Å². The van der Waals surface area contributed by atoms with Crippen LogP contribution in [0.1, 0.15) is 0 Å². The highest BCUT2D eigenvalue weighted by atomic mass is 35.5. The molecule has 0 amide bonds. The molecular formula is C16H7Cl2N5S. The lowest BCUT2D eigenvalue weighted by molar-refractivity contribution is 1.22. The molecule has 2 aromatic carbocycles. The minimum Gasteiger partial charge on any atom is -0.351 e. The molecule has 0 aliphatic rings. The Balaban J connectivity index is 1.94. The number of anilines is 2. The van der Waals surface area contributed by atoms with Crippen molar-refractivity contribution in [3.63, 3.8) is 0 Å². The first-order chi connectivity index (χ1) is 11.7. The fourth-order valence-corrected chi connectivity index (χ4v) is 3.73. The second kappa shape index (κ2) is 5.87. The lowest BCUT2D eigenvalue weighted by atomic mass is 10.2. The largest absolute Gasteiger partial charge is 0.351 e. The molecule has 2 heterocycles. The highest BCUT2D eigenvalue weighted by Crippen LogP contribution is 2.37. The van der Waals surface area contributed by atoms with Crippen LogP contribution in [-0.2, 0) is 0 Å². The van der Waals surface area contributed by atoms with Crippen molar-refractivity contribution in [3.05, 3.63) is 58.1 Å². The normalized spacial score (nSPS) is 10.9. The van der Waals surface area contributed by atoms with Crippen LogP contribution in [-0.4, -0.2) is 15.0 Å². The summed E-state index contributed by atoms with van der Waals surface area (Å²) in [7, 11) is 0. The molecule has 0 radical (unpaired) electrons. The summed E-state index contributed by atoms with van der Waals surface area (Å²) in [6.07, 6.45) is 1.48. The molecule has 116 valence electrons. The van der Waals surface area contributed by atoms with Crippen LogP contribution in [0, 0.1) is 6.57 Å². The summed E-state index contributed by atoms with van der Waals surface area (Å²) >= 11 is 13.5. The van der Waals surface area contributed by atoms with Crippen LogP contribution in [0.2, 0.25) is 10.0 Å². The summed E-state index contributed by atoms with van der Waals surface area (Å²) in [5, 5.41) is 5.47. The Morgan fingerprint density at radius 1 is 1.08 bits per heavy atom. The molecule has 0 unspecified atom stereocenters. The van der Waals surface area contributed by atoms with E-state index in [1.807, 2.05) is 12.1 Å². The fraction of sp³-hybridized carbons (Fsp3) is 0. The fourth-order valence-electron chi connectivity index (χ4n) is 2.38. The Morgan fingerprint density at radius 2 is 1.92 bits per heavy atom. The quantitative estimate of drug-likeness (QED) is 0.449. The molecule has 4 aromatic rings. The van der Waals surface area contributed by atoms with Crippen LogP contribution in [0.3, 0.4) is 0 Å². The summed E-state index contributed by atoms with van der Waals surface area (Å²) in [6.45, 7) is 7.16. The topological polar surface area (TPSA) is 55.1 Å². The average Bonchev–Trinajstić information content (AvgIpc) is 3.01. The number of thiazole rings is 1. The van der Waals surface area contributed by atoms with Crippen LogP contribution in [0.5, 0.6) is 0 Å². The number of nitrogens with zero attached hydrogens (tertiary/aromatic N) is 4. The van der Waals surface area contributed by atoms with Crippen molar-refractivity contribution in [1.29, 1.82) is 0 Å². The van der Waals surface area contributed by atoms with E-state index in [2.05, 4.69) is 25.1 Å².